The molecule has 2 fully saturated rings. The van der Waals surface area contributed by atoms with Crippen LogP contribution in [0.1, 0.15) is 18.4 Å². The molecule has 2 aliphatic heterocycles. The summed E-state index contributed by atoms with van der Waals surface area (Å²) in [5.41, 5.74) is 2.52. The number of benzene rings is 1. The SMILES string of the molecule is CN=C(NCCN1CCCS1(=O)=O)NC1CCN(c2ccc(C)cc2)C1. The van der Waals surface area contributed by atoms with Crippen LogP contribution in [0, 0.1) is 6.92 Å². The number of aliphatic imine (C=N–C) groups is 1. The molecule has 2 aliphatic rings. The van der Waals surface area contributed by atoms with Crippen LogP contribution in [0.15, 0.2) is 29.3 Å². The van der Waals surface area contributed by atoms with Gasteiger partial charge >= 0.3 is 0 Å². The van der Waals surface area contributed by atoms with Crippen molar-refractivity contribution in [3.8, 4) is 0 Å². The van der Waals surface area contributed by atoms with E-state index < -0.39 is 10.0 Å². The predicted octanol–water partition coefficient (Wildman–Crippen LogP) is 0.774. The molecule has 0 aromatic heterocycles. The lowest BCUT2D eigenvalue weighted by Gasteiger charge is -2.21. The van der Waals surface area contributed by atoms with Crippen LogP contribution < -0.4 is 15.5 Å². The first kappa shape index (κ1) is 19.0. The number of nitrogens with zero attached hydrogens (tertiary/aromatic N) is 3. The highest BCUT2D eigenvalue weighted by molar-refractivity contribution is 7.89. The van der Waals surface area contributed by atoms with Gasteiger partial charge in [-0.05, 0) is 31.9 Å². The lowest BCUT2D eigenvalue weighted by atomic mass is 10.2. The molecule has 0 saturated carbocycles. The largest absolute Gasteiger partial charge is 0.369 e. The van der Waals surface area contributed by atoms with Crippen LogP contribution in [0.4, 0.5) is 5.69 Å². The first-order chi connectivity index (χ1) is 12.5. The Bertz CT molecular complexity index is 732. The Kier molecular flexibility index (Phi) is 6.03. The Morgan fingerprint density at radius 3 is 2.69 bits per heavy atom. The molecule has 3 rings (SSSR count). The molecule has 144 valence electrons. The molecule has 7 nitrogen and oxygen atoms in total. The lowest BCUT2D eigenvalue weighted by Crippen LogP contribution is -2.46. The van der Waals surface area contributed by atoms with Crippen molar-refractivity contribution in [3.63, 3.8) is 0 Å². The van der Waals surface area contributed by atoms with Gasteiger partial charge in [0, 0.05) is 51.5 Å². The van der Waals surface area contributed by atoms with Gasteiger partial charge in [-0.3, -0.25) is 4.99 Å². The van der Waals surface area contributed by atoms with Crippen molar-refractivity contribution < 1.29 is 8.42 Å². The second-order valence-electron chi connectivity index (χ2n) is 6.98. The average molecular weight is 380 g/mol. The summed E-state index contributed by atoms with van der Waals surface area (Å²) < 4.78 is 25.2. The van der Waals surface area contributed by atoms with Gasteiger partial charge in [0.05, 0.1) is 5.75 Å². The van der Waals surface area contributed by atoms with E-state index in [-0.39, 0.29) is 5.75 Å². The fraction of sp³-hybridized carbons (Fsp3) is 0.611. The second-order valence-corrected chi connectivity index (χ2v) is 9.07. The molecule has 0 amide bonds. The van der Waals surface area contributed by atoms with Crippen molar-refractivity contribution >= 4 is 21.7 Å². The third-order valence-corrected chi connectivity index (χ3v) is 6.97. The lowest BCUT2D eigenvalue weighted by molar-refractivity contribution is 0.444. The number of hydrogen-bond acceptors (Lipinski definition) is 4. The Morgan fingerprint density at radius 1 is 1.27 bits per heavy atom. The Labute approximate surface area is 156 Å². The van der Waals surface area contributed by atoms with Crippen molar-refractivity contribution in [3.05, 3.63) is 29.8 Å². The Hall–Kier alpha value is -1.80. The summed E-state index contributed by atoms with van der Waals surface area (Å²) in [7, 11) is -1.28. The first-order valence-electron chi connectivity index (χ1n) is 9.24. The number of sulfonamides is 1. The van der Waals surface area contributed by atoms with Crippen LogP contribution in [0.25, 0.3) is 0 Å². The highest BCUT2D eigenvalue weighted by atomic mass is 32.2. The number of anilines is 1. The molecule has 1 atom stereocenters. The normalized spacial score (nSPS) is 23.4. The van der Waals surface area contributed by atoms with E-state index in [9.17, 15) is 8.42 Å². The first-order valence-corrected chi connectivity index (χ1v) is 10.9. The summed E-state index contributed by atoms with van der Waals surface area (Å²) >= 11 is 0. The van der Waals surface area contributed by atoms with Gasteiger partial charge in [0.1, 0.15) is 0 Å². The molecule has 0 spiro atoms. The van der Waals surface area contributed by atoms with Gasteiger partial charge < -0.3 is 15.5 Å². The molecule has 1 aromatic carbocycles. The summed E-state index contributed by atoms with van der Waals surface area (Å²) in [6.45, 7) is 5.73. The topological polar surface area (TPSA) is 77.0 Å². The quantitative estimate of drug-likeness (QED) is 0.584. The van der Waals surface area contributed by atoms with Gasteiger partial charge in [-0.2, -0.15) is 0 Å². The van der Waals surface area contributed by atoms with Crippen LogP contribution in [0.2, 0.25) is 0 Å². The highest BCUT2D eigenvalue weighted by Gasteiger charge is 2.28. The third kappa shape index (κ3) is 4.67. The van der Waals surface area contributed by atoms with Crippen molar-refractivity contribution in [2.24, 2.45) is 4.99 Å². The summed E-state index contributed by atoms with van der Waals surface area (Å²) in [5, 5.41) is 6.69. The Balaban J connectivity index is 1.44. The van der Waals surface area contributed by atoms with Crippen LogP contribution in [0.3, 0.4) is 0 Å². The van der Waals surface area contributed by atoms with E-state index in [1.165, 1.54) is 11.3 Å². The fourth-order valence-electron chi connectivity index (χ4n) is 3.50. The van der Waals surface area contributed by atoms with E-state index >= 15 is 0 Å². The Morgan fingerprint density at radius 2 is 2.04 bits per heavy atom. The smallest absolute Gasteiger partial charge is 0.214 e. The van der Waals surface area contributed by atoms with Gasteiger partial charge in [0.2, 0.25) is 10.0 Å². The predicted molar refractivity (Wildman–Crippen MR) is 106 cm³/mol. The molecule has 1 aromatic rings. The minimum atomic E-state index is -3.03. The summed E-state index contributed by atoms with van der Waals surface area (Å²) in [6.07, 6.45) is 1.78. The second kappa shape index (κ2) is 8.26. The molecule has 1 unspecified atom stereocenters. The van der Waals surface area contributed by atoms with Gasteiger partial charge in [-0.15, -0.1) is 0 Å². The number of rotatable bonds is 5. The maximum Gasteiger partial charge on any atom is 0.214 e. The molecule has 0 bridgehead atoms. The minimum Gasteiger partial charge on any atom is -0.369 e. The van der Waals surface area contributed by atoms with E-state index in [1.54, 1.807) is 11.4 Å². The maximum absolute atomic E-state index is 11.8. The molecule has 0 aliphatic carbocycles. The van der Waals surface area contributed by atoms with E-state index in [2.05, 4.69) is 51.7 Å². The molecule has 26 heavy (non-hydrogen) atoms. The molecular formula is C18H29N5O2S. The van der Waals surface area contributed by atoms with Crippen LogP contribution in [-0.2, 0) is 10.0 Å². The average Bonchev–Trinajstić information content (AvgIpc) is 3.21. The summed E-state index contributed by atoms with van der Waals surface area (Å²) in [5.74, 6) is 1.01. The van der Waals surface area contributed by atoms with Gasteiger partial charge in [0.15, 0.2) is 5.96 Å². The number of hydrogen-bond donors (Lipinski definition) is 2. The van der Waals surface area contributed by atoms with Gasteiger partial charge in [-0.25, -0.2) is 12.7 Å². The number of nitrogens with one attached hydrogen (secondary N) is 2. The van der Waals surface area contributed by atoms with Crippen molar-refractivity contribution in [2.45, 2.75) is 25.8 Å². The number of guanidine groups is 1. The molecule has 0 radical (unpaired) electrons. The van der Waals surface area contributed by atoms with Gasteiger partial charge in [0.25, 0.3) is 0 Å². The van der Waals surface area contributed by atoms with Crippen molar-refractivity contribution in [1.82, 2.24) is 14.9 Å². The van der Waals surface area contributed by atoms with E-state index in [0.717, 1.165) is 31.9 Å². The molecule has 2 saturated heterocycles. The zero-order valence-corrected chi connectivity index (χ0v) is 16.4. The highest BCUT2D eigenvalue weighted by Crippen LogP contribution is 2.20. The standard InChI is InChI=1S/C18H29N5O2S/c1-15-4-6-17(7-5-15)22-11-8-16(14-22)21-18(19-2)20-9-12-23-10-3-13-26(23,24)25/h4-7,16H,3,8-14H2,1-2H3,(H2,19,20,21). The molecular weight excluding hydrogens is 350 g/mol. The van der Waals surface area contributed by atoms with Crippen molar-refractivity contribution in [1.29, 1.82) is 0 Å². The van der Waals surface area contributed by atoms with Crippen LogP contribution in [-0.4, -0.2) is 70.2 Å². The zero-order chi connectivity index (χ0) is 18.6. The van der Waals surface area contributed by atoms with E-state index in [4.69, 9.17) is 0 Å². The molecule has 2 heterocycles. The van der Waals surface area contributed by atoms with Crippen molar-refractivity contribution in [2.75, 3.05) is 50.4 Å². The van der Waals surface area contributed by atoms with Crippen LogP contribution >= 0.6 is 0 Å². The zero-order valence-electron chi connectivity index (χ0n) is 15.6. The summed E-state index contributed by atoms with van der Waals surface area (Å²) in [6, 6.07) is 8.95. The maximum atomic E-state index is 11.8. The van der Waals surface area contributed by atoms with E-state index in [0.29, 0.717) is 25.7 Å². The number of aryl methyl sites for hydroxylation is 1. The van der Waals surface area contributed by atoms with Gasteiger partial charge in [-0.1, -0.05) is 17.7 Å². The fourth-order valence-corrected chi connectivity index (χ4v) is 5.03. The monoisotopic (exact) mass is 379 g/mol. The minimum absolute atomic E-state index is 0.275. The summed E-state index contributed by atoms with van der Waals surface area (Å²) in [4.78, 5) is 6.65. The third-order valence-electron chi connectivity index (χ3n) is 5.01. The molecule has 2 N–H and O–H groups in total. The van der Waals surface area contributed by atoms with Crippen LogP contribution in [0.5, 0.6) is 0 Å². The molecule has 8 heteroatoms. The van der Waals surface area contributed by atoms with E-state index in [1.807, 2.05) is 0 Å².